The second-order valence-electron chi connectivity index (χ2n) is 7.00. The molecule has 7 nitrogen and oxygen atoms in total. The highest BCUT2D eigenvalue weighted by Gasteiger charge is 2.38. The van der Waals surface area contributed by atoms with E-state index in [2.05, 4.69) is 15.5 Å². The smallest absolute Gasteiger partial charge is 0.249 e. The van der Waals surface area contributed by atoms with Crippen molar-refractivity contribution in [3.05, 3.63) is 65.3 Å². The third-order valence-electron chi connectivity index (χ3n) is 4.93. The maximum Gasteiger partial charge on any atom is 0.249 e. The van der Waals surface area contributed by atoms with Crippen LogP contribution in [0.25, 0.3) is 11.4 Å². The zero-order valence-electron chi connectivity index (χ0n) is 16.0. The van der Waals surface area contributed by atoms with Gasteiger partial charge in [0, 0.05) is 22.8 Å². The Bertz CT molecular complexity index is 1070. The van der Waals surface area contributed by atoms with E-state index in [0.29, 0.717) is 29.2 Å². The van der Waals surface area contributed by atoms with Crippen LogP contribution in [-0.2, 0) is 9.59 Å². The van der Waals surface area contributed by atoms with Gasteiger partial charge in [0.05, 0.1) is 0 Å². The van der Waals surface area contributed by atoms with E-state index in [1.54, 1.807) is 36.1 Å². The van der Waals surface area contributed by atoms with Crippen molar-refractivity contribution in [3.63, 3.8) is 0 Å². The summed E-state index contributed by atoms with van der Waals surface area (Å²) in [5, 5.41) is 7.21. The fourth-order valence-corrected chi connectivity index (χ4v) is 3.43. The van der Waals surface area contributed by atoms with E-state index in [1.807, 2.05) is 0 Å². The lowest BCUT2D eigenvalue weighted by molar-refractivity contribution is -0.132. The van der Waals surface area contributed by atoms with Crippen LogP contribution in [0, 0.1) is 11.7 Å². The maximum absolute atomic E-state index is 13.1. The zero-order valence-corrected chi connectivity index (χ0v) is 16.8. The summed E-state index contributed by atoms with van der Waals surface area (Å²) in [6, 6.07) is 12.0. The summed E-state index contributed by atoms with van der Waals surface area (Å²) in [4.78, 5) is 31.2. The molecule has 1 aromatic heterocycles. The van der Waals surface area contributed by atoms with Gasteiger partial charge in [0.25, 0.3) is 0 Å². The van der Waals surface area contributed by atoms with E-state index >= 15 is 0 Å². The van der Waals surface area contributed by atoms with Gasteiger partial charge < -0.3 is 14.7 Å². The third kappa shape index (κ3) is 4.04. The van der Waals surface area contributed by atoms with Crippen molar-refractivity contribution >= 4 is 29.1 Å². The molecule has 9 heteroatoms. The van der Waals surface area contributed by atoms with E-state index in [4.69, 9.17) is 16.1 Å². The van der Waals surface area contributed by atoms with E-state index in [-0.39, 0.29) is 23.4 Å². The molecular formula is C21H18ClFN4O3. The Balaban J connectivity index is 1.41. The van der Waals surface area contributed by atoms with Crippen molar-refractivity contribution in [2.75, 3.05) is 11.4 Å². The lowest BCUT2D eigenvalue weighted by Gasteiger charge is -2.17. The number of carbonyl (C=O) groups excluding carboxylic acids is 2. The summed E-state index contributed by atoms with van der Waals surface area (Å²) < 4.78 is 18.3. The number of amides is 2. The first kappa shape index (κ1) is 20.0. The van der Waals surface area contributed by atoms with Crippen LogP contribution in [0.3, 0.4) is 0 Å². The Kier molecular flexibility index (Phi) is 5.50. The monoisotopic (exact) mass is 428 g/mol. The maximum atomic E-state index is 13.1. The summed E-state index contributed by atoms with van der Waals surface area (Å²) in [6.45, 7) is 2.14. The van der Waals surface area contributed by atoms with Crippen LogP contribution in [-0.4, -0.2) is 28.5 Å². The van der Waals surface area contributed by atoms with Crippen molar-refractivity contribution in [1.82, 2.24) is 15.5 Å². The van der Waals surface area contributed by atoms with Gasteiger partial charge in [-0.15, -0.1) is 0 Å². The van der Waals surface area contributed by atoms with E-state index in [0.717, 1.165) is 0 Å². The van der Waals surface area contributed by atoms with Gasteiger partial charge >= 0.3 is 0 Å². The van der Waals surface area contributed by atoms with Gasteiger partial charge in [-0.25, -0.2) is 4.39 Å². The van der Waals surface area contributed by atoms with E-state index in [1.165, 1.54) is 24.3 Å². The van der Waals surface area contributed by atoms with Gasteiger partial charge in [-0.05, 0) is 61.9 Å². The molecular weight excluding hydrogens is 411 g/mol. The predicted octanol–water partition coefficient (Wildman–Crippen LogP) is 3.76. The predicted molar refractivity (Wildman–Crippen MR) is 108 cm³/mol. The van der Waals surface area contributed by atoms with Crippen LogP contribution in [0.5, 0.6) is 0 Å². The Hall–Kier alpha value is -3.26. The van der Waals surface area contributed by atoms with Crippen molar-refractivity contribution in [3.8, 4) is 11.4 Å². The second kappa shape index (κ2) is 8.23. The molecule has 3 aromatic rings. The first-order valence-electron chi connectivity index (χ1n) is 9.39. The highest BCUT2D eigenvalue weighted by atomic mass is 35.5. The molecule has 2 amide bonds. The number of carbonyl (C=O) groups is 2. The summed E-state index contributed by atoms with van der Waals surface area (Å²) in [6.07, 6.45) is 0.407. The minimum atomic E-state index is -0.789. The number of rotatable bonds is 5. The molecule has 1 saturated heterocycles. The molecule has 0 saturated carbocycles. The lowest BCUT2D eigenvalue weighted by atomic mass is 10.1. The average molecular weight is 429 g/mol. The van der Waals surface area contributed by atoms with Gasteiger partial charge in [-0.1, -0.05) is 16.8 Å². The first-order chi connectivity index (χ1) is 14.4. The minimum absolute atomic E-state index is 0.197. The number of hydrogen-bond acceptors (Lipinski definition) is 5. The van der Waals surface area contributed by atoms with E-state index < -0.39 is 17.9 Å². The van der Waals surface area contributed by atoms with Crippen molar-refractivity contribution in [2.24, 2.45) is 5.92 Å². The molecule has 1 N–H and O–H groups in total. The molecule has 154 valence electrons. The highest BCUT2D eigenvalue weighted by Crippen LogP contribution is 2.27. The van der Waals surface area contributed by atoms with Crippen LogP contribution >= 0.6 is 11.6 Å². The molecule has 2 unspecified atom stereocenters. The standard InChI is InChI=1S/C21H18ClFN4O3/c1-12(20-25-18(26-30-20)13-2-6-15(23)7-3-13)24-19(28)17-10-11-27(21(17)29)16-8-4-14(22)5-9-16/h2-9,12,17H,10-11H2,1H3,(H,24,28). The summed E-state index contributed by atoms with van der Waals surface area (Å²) in [5.74, 6) is -1.33. The molecule has 2 atom stereocenters. The summed E-state index contributed by atoms with van der Waals surface area (Å²) in [5.41, 5.74) is 1.29. The largest absolute Gasteiger partial charge is 0.344 e. The molecule has 4 rings (SSSR count). The highest BCUT2D eigenvalue weighted by molar-refractivity contribution is 6.30. The van der Waals surface area contributed by atoms with Gasteiger partial charge in [0.2, 0.25) is 23.5 Å². The van der Waals surface area contributed by atoms with Crippen LogP contribution in [0.15, 0.2) is 53.1 Å². The van der Waals surface area contributed by atoms with Crippen LogP contribution in [0.2, 0.25) is 5.02 Å². The number of halogens is 2. The van der Waals surface area contributed by atoms with Crippen molar-refractivity contribution < 1.29 is 18.5 Å². The molecule has 2 aromatic carbocycles. The van der Waals surface area contributed by atoms with Gasteiger partial charge in [0.1, 0.15) is 17.8 Å². The topological polar surface area (TPSA) is 88.3 Å². The molecule has 1 aliphatic rings. The zero-order chi connectivity index (χ0) is 21.3. The normalized spacial score (nSPS) is 17.2. The number of nitrogens with one attached hydrogen (secondary N) is 1. The van der Waals surface area contributed by atoms with Crippen molar-refractivity contribution in [1.29, 1.82) is 0 Å². The molecule has 30 heavy (non-hydrogen) atoms. The number of anilines is 1. The fourth-order valence-electron chi connectivity index (χ4n) is 3.30. The van der Waals surface area contributed by atoms with Crippen LogP contribution < -0.4 is 10.2 Å². The minimum Gasteiger partial charge on any atom is -0.344 e. The number of hydrogen-bond donors (Lipinski definition) is 1. The Morgan fingerprint density at radius 3 is 2.63 bits per heavy atom. The molecule has 1 aliphatic heterocycles. The number of nitrogens with zero attached hydrogens (tertiary/aromatic N) is 3. The molecule has 0 bridgehead atoms. The Morgan fingerprint density at radius 2 is 1.93 bits per heavy atom. The summed E-state index contributed by atoms with van der Waals surface area (Å²) >= 11 is 5.89. The Morgan fingerprint density at radius 1 is 1.23 bits per heavy atom. The number of benzene rings is 2. The molecule has 0 spiro atoms. The SMILES string of the molecule is CC(NC(=O)C1CCN(c2ccc(Cl)cc2)C1=O)c1nc(-c2ccc(F)cc2)no1. The Labute approximate surface area is 176 Å². The first-order valence-corrected chi connectivity index (χ1v) is 9.77. The fraction of sp³-hybridized carbons (Fsp3) is 0.238. The second-order valence-corrected chi connectivity index (χ2v) is 7.44. The van der Waals surface area contributed by atoms with Crippen molar-refractivity contribution in [2.45, 2.75) is 19.4 Å². The van der Waals surface area contributed by atoms with Gasteiger partial charge in [-0.2, -0.15) is 4.98 Å². The quantitative estimate of drug-likeness (QED) is 0.625. The summed E-state index contributed by atoms with van der Waals surface area (Å²) in [7, 11) is 0. The lowest BCUT2D eigenvalue weighted by Crippen LogP contribution is -2.38. The van der Waals surface area contributed by atoms with Gasteiger partial charge in [-0.3, -0.25) is 9.59 Å². The van der Waals surface area contributed by atoms with Crippen LogP contribution in [0.4, 0.5) is 10.1 Å². The van der Waals surface area contributed by atoms with Gasteiger partial charge in [0.15, 0.2) is 0 Å². The molecule has 2 heterocycles. The van der Waals surface area contributed by atoms with Crippen LogP contribution in [0.1, 0.15) is 25.3 Å². The molecule has 1 fully saturated rings. The molecule has 0 aliphatic carbocycles. The van der Waals surface area contributed by atoms with E-state index in [9.17, 15) is 14.0 Å². The molecule has 0 radical (unpaired) electrons. The number of aromatic nitrogens is 2. The third-order valence-corrected chi connectivity index (χ3v) is 5.19. The average Bonchev–Trinajstić information content (AvgIpc) is 3.37.